The molecule has 13 heteroatoms. The van der Waals surface area contributed by atoms with E-state index in [1.165, 1.54) is 6.07 Å². The number of nitrogens with two attached hydrogens (primary N) is 2. The first-order valence-electron chi connectivity index (χ1n) is 10.8. The Labute approximate surface area is 201 Å². The number of hydrogen-bond donors (Lipinski definition) is 4. The minimum absolute atomic E-state index is 0.104. The van der Waals surface area contributed by atoms with Crippen molar-refractivity contribution >= 4 is 34.4 Å². The SMILES string of the molecule is CC1c2[nH]nc(N)c2CN1c1nc(NCc2c(F)cccc2C(F)(F)F)c2cccc(C(N)=O)c2n1. The highest BCUT2D eigenvalue weighted by atomic mass is 19.4. The summed E-state index contributed by atoms with van der Waals surface area (Å²) in [4.78, 5) is 23.0. The van der Waals surface area contributed by atoms with E-state index in [-0.39, 0.29) is 28.9 Å². The number of benzene rings is 2. The van der Waals surface area contributed by atoms with Crippen LogP contribution in [0, 0.1) is 5.82 Å². The number of aromatic amines is 1. The van der Waals surface area contributed by atoms with Crippen LogP contribution in [0.5, 0.6) is 0 Å². The summed E-state index contributed by atoms with van der Waals surface area (Å²) < 4.78 is 54.9. The number of rotatable bonds is 5. The molecule has 5 rings (SSSR count). The van der Waals surface area contributed by atoms with Crippen LogP contribution in [0.25, 0.3) is 10.9 Å². The molecule has 0 saturated heterocycles. The maximum atomic E-state index is 14.4. The van der Waals surface area contributed by atoms with Gasteiger partial charge in [-0.25, -0.2) is 9.37 Å². The van der Waals surface area contributed by atoms with Gasteiger partial charge in [0.1, 0.15) is 11.6 Å². The molecule has 4 aromatic rings. The molecule has 0 bridgehead atoms. The summed E-state index contributed by atoms with van der Waals surface area (Å²) in [6.45, 7) is 1.67. The highest BCUT2D eigenvalue weighted by Gasteiger charge is 2.35. The number of fused-ring (bicyclic) bond motifs is 2. The fourth-order valence-electron chi connectivity index (χ4n) is 4.39. The first-order valence-corrected chi connectivity index (χ1v) is 10.8. The molecule has 2 aromatic heterocycles. The second-order valence-electron chi connectivity index (χ2n) is 8.36. The second kappa shape index (κ2) is 8.36. The van der Waals surface area contributed by atoms with Gasteiger partial charge in [0.25, 0.3) is 5.91 Å². The minimum atomic E-state index is -4.75. The molecule has 1 atom stereocenters. The van der Waals surface area contributed by atoms with Gasteiger partial charge in [-0.05, 0) is 31.2 Å². The molecule has 0 fully saturated rings. The Kier molecular flexibility index (Phi) is 5.42. The van der Waals surface area contributed by atoms with Crippen LogP contribution in [0.15, 0.2) is 36.4 Å². The molecular weight excluding hydrogens is 480 g/mol. The summed E-state index contributed by atoms with van der Waals surface area (Å²) in [7, 11) is 0. The molecular formula is C23H20F4N8O. The molecule has 36 heavy (non-hydrogen) atoms. The van der Waals surface area contributed by atoms with E-state index in [9.17, 15) is 22.4 Å². The van der Waals surface area contributed by atoms with E-state index in [2.05, 4.69) is 25.5 Å². The second-order valence-corrected chi connectivity index (χ2v) is 8.36. The van der Waals surface area contributed by atoms with E-state index in [1.54, 1.807) is 17.0 Å². The van der Waals surface area contributed by atoms with Crippen molar-refractivity contribution in [1.82, 2.24) is 20.2 Å². The van der Waals surface area contributed by atoms with Crippen molar-refractivity contribution in [1.29, 1.82) is 0 Å². The summed E-state index contributed by atoms with van der Waals surface area (Å²) in [5.74, 6) is -1.13. The number of carbonyl (C=O) groups excluding carboxylic acids is 1. The summed E-state index contributed by atoms with van der Waals surface area (Å²) in [6.07, 6.45) is -4.75. The first-order chi connectivity index (χ1) is 17.1. The number of aromatic nitrogens is 4. The number of primary amides is 1. The van der Waals surface area contributed by atoms with Crippen LogP contribution in [0.2, 0.25) is 0 Å². The number of hydrogen-bond acceptors (Lipinski definition) is 7. The molecule has 0 saturated carbocycles. The fourth-order valence-corrected chi connectivity index (χ4v) is 4.39. The van der Waals surface area contributed by atoms with Crippen LogP contribution in [-0.2, 0) is 19.3 Å². The molecule has 3 heterocycles. The van der Waals surface area contributed by atoms with Gasteiger partial charge < -0.3 is 21.7 Å². The fraction of sp³-hybridized carbons (Fsp3) is 0.217. The molecule has 0 spiro atoms. The number of para-hydroxylation sites is 1. The van der Waals surface area contributed by atoms with Crippen LogP contribution in [0.4, 0.5) is 35.1 Å². The van der Waals surface area contributed by atoms with Crippen molar-refractivity contribution in [2.45, 2.75) is 32.2 Å². The van der Waals surface area contributed by atoms with Gasteiger partial charge in [-0.2, -0.15) is 23.3 Å². The van der Waals surface area contributed by atoms with Crippen LogP contribution in [-0.4, -0.2) is 26.1 Å². The van der Waals surface area contributed by atoms with Gasteiger partial charge in [0, 0.05) is 23.1 Å². The Bertz CT molecular complexity index is 1500. The smallest absolute Gasteiger partial charge is 0.382 e. The molecule has 1 aliphatic heterocycles. The van der Waals surface area contributed by atoms with E-state index < -0.39 is 35.6 Å². The number of nitrogens with one attached hydrogen (secondary N) is 2. The predicted octanol–water partition coefficient (Wildman–Crippen LogP) is 3.89. The molecule has 6 N–H and O–H groups in total. The maximum absolute atomic E-state index is 14.4. The van der Waals surface area contributed by atoms with Gasteiger partial charge in [0.05, 0.1) is 34.9 Å². The molecule has 1 aliphatic rings. The van der Waals surface area contributed by atoms with Crippen molar-refractivity contribution in [2.75, 3.05) is 16.0 Å². The lowest BCUT2D eigenvalue weighted by Gasteiger charge is -2.23. The van der Waals surface area contributed by atoms with Gasteiger partial charge in [-0.3, -0.25) is 9.89 Å². The zero-order valence-corrected chi connectivity index (χ0v) is 18.8. The third kappa shape index (κ3) is 3.82. The summed E-state index contributed by atoms with van der Waals surface area (Å²) in [5.41, 5.74) is 11.7. The first kappa shape index (κ1) is 23.3. The summed E-state index contributed by atoms with van der Waals surface area (Å²) >= 11 is 0. The normalized spacial score (nSPS) is 15.4. The highest BCUT2D eigenvalue weighted by molar-refractivity contribution is 6.07. The number of amides is 1. The Morgan fingerprint density at radius 1 is 1.22 bits per heavy atom. The lowest BCUT2D eigenvalue weighted by Crippen LogP contribution is -2.23. The Balaban J connectivity index is 1.60. The largest absolute Gasteiger partial charge is 0.416 e. The number of carbonyl (C=O) groups is 1. The average Bonchev–Trinajstić information content (AvgIpc) is 3.36. The van der Waals surface area contributed by atoms with Gasteiger partial charge in [-0.1, -0.05) is 12.1 Å². The number of anilines is 3. The molecule has 1 unspecified atom stereocenters. The minimum Gasteiger partial charge on any atom is -0.382 e. The average molecular weight is 500 g/mol. The van der Waals surface area contributed by atoms with Gasteiger partial charge >= 0.3 is 6.18 Å². The molecule has 186 valence electrons. The molecule has 0 radical (unpaired) electrons. The van der Waals surface area contributed by atoms with Crippen LogP contribution in [0.1, 0.15) is 45.7 Å². The Hall–Kier alpha value is -4.42. The monoisotopic (exact) mass is 500 g/mol. The van der Waals surface area contributed by atoms with E-state index in [0.29, 0.717) is 17.7 Å². The summed E-state index contributed by atoms with van der Waals surface area (Å²) in [6, 6.07) is 7.14. The van der Waals surface area contributed by atoms with Crippen LogP contribution < -0.4 is 21.7 Å². The quantitative estimate of drug-likeness (QED) is 0.305. The van der Waals surface area contributed by atoms with Crippen molar-refractivity contribution < 1.29 is 22.4 Å². The van der Waals surface area contributed by atoms with Crippen molar-refractivity contribution in [3.63, 3.8) is 0 Å². The lowest BCUT2D eigenvalue weighted by molar-refractivity contribution is -0.138. The Morgan fingerprint density at radius 3 is 2.67 bits per heavy atom. The number of nitrogens with zero attached hydrogens (tertiary/aromatic N) is 4. The topological polar surface area (TPSA) is 139 Å². The van der Waals surface area contributed by atoms with Crippen LogP contribution >= 0.6 is 0 Å². The Morgan fingerprint density at radius 2 is 1.97 bits per heavy atom. The zero-order valence-electron chi connectivity index (χ0n) is 18.8. The predicted molar refractivity (Wildman–Crippen MR) is 124 cm³/mol. The van der Waals surface area contributed by atoms with E-state index >= 15 is 0 Å². The zero-order chi connectivity index (χ0) is 25.8. The number of alkyl halides is 3. The standard InChI is InChI=1S/C23H20F4N8O/c1-10-17-14(19(28)34-33-17)9-35(10)22-31-18-11(20(29)36)4-2-5-12(18)21(32-22)30-8-13-15(23(25,26)27)6-3-7-16(13)24/h2-7,10H,8-9H2,1H3,(H2,29,36)(H3,28,33,34)(H,30,31,32). The van der Waals surface area contributed by atoms with Gasteiger partial charge in [0.15, 0.2) is 5.82 Å². The highest BCUT2D eigenvalue weighted by Crippen LogP contribution is 2.39. The third-order valence-electron chi connectivity index (χ3n) is 6.24. The third-order valence-corrected chi connectivity index (χ3v) is 6.24. The number of nitrogen functional groups attached to an aromatic ring is 1. The van der Waals surface area contributed by atoms with E-state index in [1.807, 2.05) is 6.92 Å². The van der Waals surface area contributed by atoms with Crippen molar-refractivity contribution in [3.8, 4) is 0 Å². The molecule has 1 amide bonds. The van der Waals surface area contributed by atoms with Crippen LogP contribution in [0.3, 0.4) is 0 Å². The maximum Gasteiger partial charge on any atom is 0.416 e. The lowest BCUT2D eigenvalue weighted by atomic mass is 10.1. The molecule has 0 aliphatic carbocycles. The number of halogens is 4. The number of H-pyrrole nitrogens is 1. The van der Waals surface area contributed by atoms with Gasteiger partial charge in [0.2, 0.25) is 5.95 Å². The van der Waals surface area contributed by atoms with Crippen molar-refractivity contribution in [3.05, 3.63) is 70.2 Å². The molecule has 9 nitrogen and oxygen atoms in total. The summed E-state index contributed by atoms with van der Waals surface area (Å²) in [5, 5.41) is 10.0. The van der Waals surface area contributed by atoms with Crippen molar-refractivity contribution in [2.24, 2.45) is 5.73 Å². The van der Waals surface area contributed by atoms with E-state index in [4.69, 9.17) is 11.5 Å². The van der Waals surface area contributed by atoms with E-state index in [0.717, 1.165) is 29.5 Å². The van der Waals surface area contributed by atoms with Gasteiger partial charge in [-0.15, -0.1) is 0 Å². The molecule has 2 aromatic carbocycles.